The number of rotatable bonds is 12. The second kappa shape index (κ2) is 13.9. The van der Waals surface area contributed by atoms with E-state index in [1.807, 2.05) is 0 Å². The molecule has 0 saturated carbocycles. The minimum atomic E-state index is -6.17. The summed E-state index contributed by atoms with van der Waals surface area (Å²) in [5.41, 5.74) is 9.40. The monoisotopic (exact) mass is 816 g/mol. The first kappa shape index (κ1) is 38.6. The number of nitrogens with two attached hydrogens (primary N) is 2. The van der Waals surface area contributed by atoms with Crippen molar-refractivity contribution in [1.82, 2.24) is 34.1 Å². The molecule has 3 unspecified atom stereocenters. The fourth-order valence-corrected chi connectivity index (χ4v) is 9.72. The molecule has 6 heterocycles. The molecule has 0 amide bonds. The fraction of sp³-hybridized carbons (Fsp3) is 0.524. The summed E-state index contributed by atoms with van der Waals surface area (Å²) in [5, 5.41) is 42.1. The van der Waals surface area contributed by atoms with Gasteiger partial charge in [0.25, 0.3) is 32.7 Å². The average Bonchev–Trinajstić information content (AvgIpc) is 3.74. The van der Waals surface area contributed by atoms with Crippen molar-refractivity contribution in [2.24, 2.45) is 7.05 Å². The van der Waals surface area contributed by atoms with Gasteiger partial charge in [0, 0.05) is 0 Å². The summed E-state index contributed by atoms with van der Waals surface area (Å²) in [6.07, 6.45) is -10.9. The summed E-state index contributed by atoms with van der Waals surface area (Å²) in [7, 11) is -10.6. The van der Waals surface area contributed by atoms with Gasteiger partial charge in [0.2, 0.25) is 17.7 Å². The third kappa shape index (κ3) is 7.61. The molecule has 0 spiro atoms. The van der Waals surface area contributed by atoms with E-state index in [0.717, 1.165) is 15.5 Å². The normalized spacial score (nSPS) is 30.1. The molecule has 0 bridgehead atoms. The third-order valence-electron chi connectivity index (χ3n) is 7.66. The zero-order valence-electron chi connectivity index (χ0n) is 25.9. The van der Waals surface area contributed by atoms with Gasteiger partial charge < -0.3 is 65.1 Å². The van der Waals surface area contributed by atoms with Crippen molar-refractivity contribution in [3.8, 4) is 0 Å². The zero-order valence-corrected chi connectivity index (χ0v) is 29.4. The van der Waals surface area contributed by atoms with Gasteiger partial charge >= 0.3 is 5.65 Å². The molecule has 4 aromatic heterocycles. The number of H-pyrrole nitrogens is 2. The fourth-order valence-electron chi connectivity index (χ4n) is 5.41. The maximum absolute atomic E-state index is 12.7. The number of nitrogens with zero attached hydrogens (tertiary/aromatic N) is 6. The average molecular weight is 816 g/mol. The van der Waals surface area contributed by atoms with Crippen LogP contribution in [0.15, 0.2) is 22.2 Å². The zero-order chi connectivity index (χ0) is 38.1. The Kier molecular flexibility index (Phi) is 10.4. The van der Waals surface area contributed by atoms with Crippen molar-refractivity contribution in [3.05, 3.63) is 33.4 Å². The van der Waals surface area contributed by atoms with E-state index in [-0.39, 0.29) is 34.2 Å². The topological polar surface area (TPSA) is 410 Å². The number of ether oxygens (including phenoxy) is 2. The number of aryl methyl sites for hydroxylation is 1. The van der Waals surface area contributed by atoms with Crippen LogP contribution in [0, 0.1) is 0 Å². The first-order valence-corrected chi connectivity index (χ1v) is 19.8. The molecule has 286 valence electrons. The van der Waals surface area contributed by atoms with Gasteiger partial charge in [0.1, 0.15) is 43.3 Å². The lowest BCUT2D eigenvalue weighted by Gasteiger charge is -2.37. The van der Waals surface area contributed by atoms with Crippen molar-refractivity contribution in [1.29, 1.82) is 0 Å². The van der Waals surface area contributed by atoms with Crippen molar-refractivity contribution in [2.75, 3.05) is 24.7 Å². The van der Waals surface area contributed by atoms with Gasteiger partial charge in [-0.2, -0.15) is 4.98 Å². The standard InChI is InChI=1S/C21H29N10O17P3S/c1-29-5-31(15-9(29)17(37)28-21(23)26-15)19-13(35)11(33)7(46-19)3-44-51(42,52)48-50(40,41)47-49(38,39)43-2-6-10(32)12(34)18(45-6)30-4-24-8-14(30)25-20(22)27-16(8)36/h4-7,10-13,18-19,32-35H,2-3H2,1H3,(H8-,22,23,25,26,27,28,36,37,38,39,40,41,42,52)/p-2/t6-,7-,10-,11-,12-,13-,18-,19-,51?/m1/s1. The number of aromatic nitrogens is 8. The molecule has 2 fully saturated rings. The van der Waals surface area contributed by atoms with Gasteiger partial charge in [-0.1, -0.05) is 16.8 Å². The minimum Gasteiger partial charge on any atom is -0.779 e. The van der Waals surface area contributed by atoms with Crippen LogP contribution < -0.4 is 41.8 Å². The molecule has 2 aliphatic rings. The predicted molar refractivity (Wildman–Crippen MR) is 164 cm³/mol. The number of hydrogen-bond donors (Lipinski definition) is 8. The molecule has 0 radical (unpaired) electrons. The van der Waals surface area contributed by atoms with Crippen LogP contribution in [0.2, 0.25) is 0 Å². The van der Waals surface area contributed by atoms with Gasteiger partial charge in [-0.25, -0.2) is 13.9 Å². The molecular formula is C21H27N10O17P3S-2. The number of phosphoric ester groups is 1. The Bertz CT molecular complexity index is 2280. The maximum atomic E-state index is 12.7. The van der Waals surface area contributed by atoms with E-state index in [0.29, 0.717) is 0 Å². The van der Waals surface area contributed by atoms with Crippen molar-refractivity contribution < 1.29 is 75.9 Å². The molecule has 4 aromatic rings. The summed E-state index contributed by atoms with van der Waals surface area (Å²) in [6.45, 7) is -7.32. The summed E-state index contributed by atoms with van der Waals surface area (Å²) >= 11 is 4.52. The Hall–Kier alpha value is -3.11. The number of hydrogen-bond acceptors (Lipinski definition) is 23. The number of aromatic amines is 2. The molecule has 0 aromatic carbocycles. The molecule has 10 N–H and O–H groups in total. The highest BCUT2D eigenvalue weighted by Crippen LogP contribution is 2.63. The second-order valence-corrected chi connectivity index (χ2v) is 17.1. The van der Waals surface area contributed by atoms with E-state index < -0.39 is 95.8 Å². The summed E-state index contributed by atoms with van der Waals surface area (Å²) in [6, 6.07) is 0. The summed E-state index contributed by atoms with van der Waals surface area (Å²) in [4.78, 5) is 78.0. The van der Waals surface area contributed by atoms with E-state index in [1.165, 1.54) is 17.9 Å². The molecular weight excluding hydrogens is 789 g/mol. The van der Waals surface area contributed by atoms with Crippen molar-refractivity contribution in [3.63, 3.8) is 0 Å². The van der Waals surface area contributed by atoms with E-state index in [9.17, 15) is 53.8 Å². The Balaban J connectivity index is 1.05. The van der Waals surface area contributed by atoms with E-state index in [2.05, 4.69) is 49.9 Å². The third-order valence-corrected chi connectivity index (χ3v) is 12.7. The molecule has 2 aliphatic heterocycles. The van der Waals surface area contributed by atoms with Crippen LogP contribution in [0.25, 0.3) is 22.3 Å². The molecule has 52 heavy (non-hydrogen) atoms. The van der Waals surface area contributed by atoms with Crippen LogP contribution in [-0.2, 0) is 55.1 Å². The van der Waals surface area contributed by atoms with Gasteiger partial charge in [-0.15, -0.1) is 0 Å². The molecule has 27 nitrogen and oxygen atoms in total. The quantitative estimate of drug-likeness (QED) is 0.0487. The van der Waals surface area contributed by atoms with Crippen LogP contribution in [-0.4, -0.2) is 104 Å². The molecule has 31 heteroatoms. The van der Waals surface area contributed by atoms with E-state index in [1.54, 1.807) is 0 Å². The maximum Gasteiger partial charge on any atom is 0.313 e. The number of aliphatic hydroxyl groups is 4. The minimum absolute atomic E-state index is 0.0211. The number of phosphoric acid groups is 2. The Morgan fingerprint density at radius 2 is 1.54 bits per heavy atom. The van der Waals surface area contributed by atoms with Crippen LogP contribution in [0.3, 0.4) is 0 Å². The number of imidazole rings is 2. The highest BCUT2D eigenvalue weighted by molar-refractivity contribution is 8.07. The van der Waals surface area contributed by atoms with Crippen molar-refractivity contribution in [2.45, 2.75) is 49.1 Å². The summed E-state index contributed by atoms with van der Waals surface area (Å²) < 4.78 is 56.6. The lowest BCUT2D eigenvalue weighted by Crippen LogP contribution is -2.46. The Morgan fingerprint density at radius 1 is 0.923 bits per heavy atom. The number of nitrogen functional groups attached to an aromatic ring is 2. The molecule has 11 atom stereocenters. The lowest BCUT2D eigenvalue weighted by molar-refractivity contribution is -0.745. The Labute approximate surface area is 292 Å². The highest BCUT2D eigenvalue weighted by Gasteiger charge is 2.48. The van der Waals surface area contributed by atoms with Gasteiger partial charge in [-0.05, 0) is 0 Å². The van der Waals surface area contributed by atoms with Crippen LogP contribution >= 0.6 is 22.4 Å². The lowest BCUT2D eigenvalue weighted by atomic mass is 10.1. The second-order valence-electron chi connectivity index (χ2n) is 11.2. The number of anilines is 2. The van der Waals surface area contributed by atoms with Gasteiger partial charge in [0.15, 0.2) is 23.7 Å². The molecule has 6 rings (SSSR count). The Morgan fingerprint density at radius 3 is 2.25 bits per heavy atom. The van der Waals surface area contributed by atoms with Crippen LogP contribution in [0.4, 0.5) is 11.9 Å². The SMILES string of the molecule is Cn1c[n+]([C@@H]2O[C@H](COP([O-])(=S)OP(=O)([O-])OP(=O)([O-])OC[C@H]3O[C@@H](n4cnc5c(=O)[nH]c(N)nc54)[C@H](O)[C@@H]3O)[C@@H](O)[C@H]2O)c2nc(N)[nH]c(=O)c21. The van der Waals surface area contributed by atoms with Gasteiger partial charge in [-0.3, -0.25) is 42.1 Å². The highest BCUT2D eigenvalue weighted by atomic mass is 32.5. The number of nitrogens with one attached hydrogen (secondary N) is 2. The molecule has 0 aliphatic carbocycles. The number of aliphatic hydroxyl groups excluding tert-OH is 4. The largest absolute Gasteiger partial charge is 0.779 e. The van der Waals surface area contributed by atoms with E-state index in [4.69, 9.17) is 25.5 Å². The predicted octanol–water partition coefficient (Wildman–Crippen LogP) is -6.33. The summed E-state index contributed by atoms with van der Waals surface area (Å²) in [5.74, 6) is -0.585. The van der Waals surface area contributed by atoms with Crippen molar-refractivity contribution >= 4 is 68.4 Å². The van der Waals surface area contributed by atoms with Gasteiger partial charge in [0.05, 0.1) is 26.6 Å². The number of fused-ring (bicyclic) bond motifs is 2. The van der Waals surface area contributed by atoms with E-state index >= 15 is 0 Å². The first-order chi connectivity index (χ1) is 24.2. The van der Waals surface area contributed by atoms with Crippen LogP contribution in [0.1, 0.15) is 12.5 Å². The van der Waals surface area contributed by atoms with Crippen LogP contribution in [0.5, 0.6) is 0 Å². The first-order valence-electron chi connectivity index (χ1n) is 14.3. The molecule has 2 saturated heterocycles. The smallest absolute Gasteiger partial charge is 0.313 e.